The number of rotatable bonds is 6. The SMILES string of the molecule is CCOC(=O)c1ccc(NCn2c(O)c(N=NC(N)=S)c3ccccc32)cc1. The van der Waals surface area contributed by atoms with E-state index in [2.05, 4.69) is 15.5 Å². The highest BCUT2D eigenvalue weighted by atomic mass is 32.1. The molecule has 0 unspecified atom stereocenters. The van der Waals surface area contributed by atoms with Crippen LogP contribution in [0.25, 0.3) is 10.9 Å². The van der Waals surface area contributed by atoms with Gasteiger partial charge in [0.05, 0.1) is 24.4 Å². The van der Waals surface area contributed by atoms with Gasteiger partial charge in [-0.3, -0.25) is 4.57 Å². The second kappa shape index (κ2) is 8.49. The van der Waals surface area contributed by atoms with E-state index in [-0.39, 0.29) is 23.6 Å². The van der Waals surface area contributed by atoms with Crippen LogP contribution in [0.4, 0.5) is 11.4 Å². The number of hydrogen-bond donors (Lipinski definition) is 3. The fourth-order valence-electron chi connectivity index (χ4n) is 2.74. The molecule has 0 bridgehead atoms. The molecular weight excluding hydrogens is 378 g/mol. The van der Waals surface area contributed by atoms with Gasteiger partial charge in [-0.2, -0.15) is 0 Å². The fourth-order valence-corrected chi connectivity index (χ4v) is 2.78. The first-order valence-corrected chi connectivity index (χ1v) is 8.94. The molecule has 28 heavy (non-hydrogen) atoms. The summed E-state index contributed by atoms with van der Waals surface area (Å²) in [6, 6.07) is 14.3. The number of fused-ring (bicyclic) bond motifs is 1. The zero-order valence-corrected chi connectivity index (χ0v) is 15.9. The maximum absolute atomic E-state index is 11.7. The lowest BCUT2D eigenvalue weighted by molar-refractivity contribution is 0.0526. The average Bonchev–Trinajstić information content (AvgIpc) is 2.96. The molecule has 0 spiro atoms. The van der Waals surface area contributed by atoms with Crippen molar-refractivity contribution in [3.8, 4) is 5.88 Å². The molecule has 0 aliphatic rings. The Hall–Kier alpha value is -3.46. The van der Waals surface area contributed by atoms with E-state index in [0.29, 0.717) is 17.9 Å². The third-order valence-corrected chi connectivity index (χ3v) is 4.08. The molecule has 0 radical (unpaired) electrons. The van der Waals surface area contributed by atoms with Crippen LogP contribution in [-0.2, 0) is 11.4 Å². The lowest BCUT2D eigenvalue weighted by Gasteiger charge is -2.10. The van der Waals surface area contributed by atoms with E-state index >= 15 is 0 Å². The van der Waals surface area contributed by atoms with E-state index in [1.807, 2.05) is 24.3 Å². The average molecular weight is 397 g/mol. The van der Waals surface area contributed by atoms with Crippen molar-refractivity contribution in [2.75, 3.05) is 11.9 Å². The van der Waals surface area contributed by atoms with Gasteiger partial charge in [0, 0.05) is 11.1 Å². The van der Waals surface area contributed by atoms with Crippen molar-refractivity contribution in [3.05, 3.63) is 54.1 Å². The van der Waals surface area contributed by atoms with E-state index in [9.17, 15) is 9.90 Å². The summed E-state index contributed by atoms with van der Waals surface area (Å²) in [4.78, 5) is 11.7. The van der Waals surface area contributed by atoms with Crippen LogP contribution in [0.2, 0.25) is 0 Å². The second-order valence-electron chi connectivity index (χ2n) is 5.79. The minimum atomic E-state index is -0.365. The summed E-state index contributed by atoms with van der Waals surface area (Å²) in [6.07, 6.45) is 0. The van der Waals surface area contributed by atoms with Gasteiger partial charge in [0.15, 0.2) is 5.69 Å². The van der Waals surface area contributed by atoms with Crippen molar-refractivity contribution >= 4 is 45.6 Å². The summed E-state index contributed by atoms with van der Waals surface area (Å²) in [5.41, 5.74) is 7.68. The number of nitrogens with zero attached hydrogens (tertiary/aromatic N) is 3. The van der Waals surface area contributed by atoms with Gasteiger partial charge in [-0.15, -0.1) is 10.2 Å². The number of ether oxygens (including phenoxy) is 1. The maximum atomic E-state index is 11.7. The van der Waals surface area contributed by atoms with Crippen molar-refractivity contribution < 1.29 is 14.6 Å². The number of thiocarbonyl (C=S) groups is 1. The summed E-state index contributed by atoms with van der Waals surface area (Å²) in [7, 11) is 0. The van der Waals surface area contributed by atoms with Crippen LogP contribution in [0.1, 0.15) is 17.3 Å². The largest absolute Gasteiger partial charge is 0.493 e. The topological polar surface area (TPSA) is 114 Å². The van der Waals surface area contributed by atoms with Crippen LogP contribution in [0.15, 0.2) is 58.8 Å². The van der Waals surface area contributed by atoms with Crippen LogP contribution in [0.3, 0.4) is 0 Å². The van der Waals surface area contributed by atoms with Crippen LogP contribution in [0, 0.1) is 0 Å². The Morgan fingerprint density at radius 2 is 1.96 bits per heavy atom. The monoisotopic (exact) mass is 397 g/mol. The summed E-state index contributed by atoms with van der Waals surface area (Å²) in [5.74, 6) is -0.423. The molecule has 0 fully saturated rings. The standard InChI is InChI=1S/C19H19N5O3S/c1-2-27-18(26)12-7-9-13(10-8-12)21-11-24-15-6-4-3-5-14(15)16(17(24)25)22-23-19(20)28/h3-10,21,25H,2,11H2,1H3,(H2,20,28). The van der Waals surface area contributed by atoms with Gasteiger partial charge >= 0.3 is 5.97 Å². The number of azo groups is 1. The van der Waals surface area contributed by atoms with E-state index in [0.717, 1.165) is 16.6 Å². The highest BCUT2D eigenvalue weighted by Gasteiger charge is 2.16. The van der Waals surface area contributed by atoms with Gasteiger partial charge in [0.1, 0.15) is 0 Å². The molecule has 1 heterocycles. The molecule has 0 atom stereocenters. The smallest absolute Gasteiger partial charge is 0.338 e. The van der Waals surface area contributed by atoms with Gasteiger partial charge in [0.2, 0.25) is 11.0 Å². The number of benzene rings is 2. The summed E-state index contributed by atoms with van der Waals surface area (Å²) < 4.78 is 6.62. The van der Waals surface area contributed by atoms with Gasteiger partial charge in [-0.25, -0.2) is 4.79 Å². The molecule has 1 aromatic heterocycles. The Bertz CT molecular complexity index is 1040. The number of carbonyl (C=O) groups excluding carboxylic acids is 1. The van der Waals surface area contributed by atoms with E-state index in [1.54, 1.807) is 35.8 Å². The van der Waals surface area contributed by atoms with E-state index < -0.39 is 0 Å². The van der Waals surface area contributed by atoms with Crippen LogP contribution in [0.5, 0.6) is 5.88 Å². The van der Waals surface area contributed by atoms with Gasteiger partial charge in [-0.05, 0) is 49.5 Å². The molecule has 3 aromatic rings. The first-order valence-electron chi connectivity index (χ1n) is 8.53. The molecule has 0 aliphatic heterocycles. The Kier molecular flexibility index (Phi) is 5.85. The quantitative estimate of drug-likeness (QED) is 0.330. The minimum Gasteiger partial charge on any atom is -0.493 e. The van der Waals surface area contributed by atoms with Crippen LogP contribution in [-0.4, -0.2) is 27.4 Å². The summed E-state index contributed by atoms with van der Waals surface area (Å²) in [5, 5.41) is 22.1. The molecule has 4 N–H and O–H groups in total. The lowest BCUT2D eigenvalue weighted by Crippen LogP contribution is -2.08. The van der Waals surface area contributed by atoms with Crippen molar-refractivity contribution in [1.82, 2.24) is 4.57 Å². The van der Waals surface area contributed by atoms with Crippen molar-refractivity contribution in [2.24, 2.45) is 16.0 Å². The van der Waals surface area contributed by atoms with Gasteiger partial charge in [-0.1, -0.05) is 18.2 Å². The normalized spacial score (nSPS) is 11.0. The molecule has 2 aromatic carbocycles. The van der Waals surface area contributed by atoms with Crippen molar-refractivity contribution in [3.63, 3.8) is 0 Å². The lowest BCUT2D eigenvalue weighted by atomic mass is 10.2. The zero-order chi connectivity index (χ0) is 20.1. The predicted octanol–water partition coefficient (Wildman–Crippen LogP) is 3.92. The number of hydrogen-bond acceptors (Lipinski definition) is 6. The highest BCUT2D eigenvalue weighted by Crippen LogP contribution is 2.38. The van der Waals surface area contributed by atoms with E-state index in [4.69, 9.17) is 22.7 Å². The number of para-hydroxylation sites is 1. The molecule has 0 aliphatic carbocycles. The Balaban J connectivity index is 1.84. The molecule has 0 saturated carbocycles. The first-order chi connectivity index (χ1) is 13.5. The van der Waals surface area contributed by atoms with Gasteiger partial charge < -0.3 is 20.9 Å². The van der Waals surface area contributed by atoms with E-state index in [1.165, 1.54) is 0 Å². The highest BCUT2D eigenvalue weighted by molar-refractivity contribution is 7.80. The number of anilines is 1. The maximum Gasteiger partial charge on any atom is 0.338 e. The molecule has 0 amide bonds. The molecule has 0 saturated heterocycles. The molecule has 9 heteroatoms. The van der Waals surface area contributed by atoms with Gasteiger partial charge in [0.25, 0.3) is 0 Å². The molecule has 144 valence electrons. The number of aromatic nitrogens is 1. The number of nitrogens with one attached hydrogen (secondary N) is 1. The predicted molar refractivity (Wildman–Crippen MR) is 111 cm³/mol. The summed E-state index contributed by atoms with van der Waals surface area (Å²) >= 11 is 4.71. The Labute approximate surface area is 166 Å². The number of esters is 1. The van der Waals surface area contributed by atoms with Crippen molar-refractivity contribution in [1.29, 1.82) is 0 Å². The number of aromatic hydroxyl groups is 1. The fraction of sp³-hybridized carbons (Fsp3) is 0.158. The second-order valence-corrected chi connectivity index (χ2v) is 6.21. The molecular formula is C19H19N5O3S. The Morgan fingerprint density at radius 1 is 1.25 bits per heavy atom. The summed E-state index contributed by atoms with van der Waals surface area (Å²) in [6.45, 7) is 2.36. The first kappa shape index (κ1) is 19.3. The van der Waals surface area contributed by atoms with Crippen LogP contribution < -0.4 is 11.1 Å². The molecule has 3 rings (SSSR count). The molecule has 8 nitrogen and oxygen atoms in total. The Morgan fingerprint density at radius 3 is 2.64 bits per heavy atom. The minimum absolute atomic E-state index is 0.0585. The zero-order valence-electron chi connectivity index (χ0n) is 15.1. The third-order valence-electron chi connectivity index (χ3n) is 4.00. The number of carbonyl (C=O) groups is 1. The van der Waals surface area contributed by atoms with Crippen molar-refractivity contribution in [2.45, 2.75) is 13.6 Å². The van der Waals surface area contributed by atoms with Crippen LogP contribution >= 0.6 is 12.2 Å². The third kappa shape index (κ3) is 4.09. The number of nitrogens with two attached hydrogens (primary N) is 1.